The van der Waals surface area contributed by atoms with E-state index in [1.807, 2.05) is 17.0 Å². The van der Waals surface area contributed by atoms with Crippen molar-refractivity contribution in [1.82, 2.24) is 20.7 Å². The summed E-state index contributed by atoms with van der Waals surface area (Å²) in [6.45, 7) is 2.08. The van der Waals surface area contributed by atoms with Crippen molar-refractivity contribution in [3.8, 4) is 0 Å². The first-order chi connectivity index (χ1) is 14.7. The van der Waals surface area contributed by atoms with Gasteiger partial charge in [-0.05, 0) is 34.9 Å². The van der Waals surface area contributed by atoms with Gasteiger partial charge in [0.25, 0.3) is 5.91 Å². The second-order valence-electron chi connectivity index (χ2n) is 7.79. The summed E-state index contributed by atoms with van der Waals surface area (Å²) >= 11 is 0. The van der Waals surface area contributed by atoms with Gasteiger partial charge in [-0.25, -0.2) is 10.9 Å². The average molecular weight is 404 g/mol. The number of nitrogens with one attached hydrogen (secondary N) is 2. The van der Waals surface area contributed by atoms with E-state index in [1.54, 1.807) is 17.0 Å². The minimum Gasteiger partial charge on any atom is -0.459 e. The maximum absolute atomic E-state index is 13.0. The number of nitrogens with zero attached hydrogens (tertiary/aromatic N) is 2. The summed E-state index contributed by atoms with van der Waals surface area (Å²) in [4.78, 5) is 29.0. The molecule has 2 saturated heterocycles. The van der Waals surface area contributed by atoms with E-state index in [0.717, 1.165) is 0 Å². The molecule has 2 atom stereocenters. The monoisotopic (exact) mass is 404 g/mol. The largest absolute Gasteiger partial charge is 0.459 e. The number of hydrogen-bond donors (Lipinski definition) is 2. The van der Waals surface area contributed by atoms with Gasteiger partial charge >= 0.3 is 0 Å². The van der Waals surface area contributed by atoms with Crippen LogP contribution in [0.5, 0.6) is 0 Å². The zero-order valence-corrected chi connectivity index (χ0v) is 16.6. The minimum atomic E-state index is -0.277. The number of hydrazine groups is 1. The van der Waals surface area contributed by atoms with Gasteiger partial charge in [-0.3, -0.25) is 9.59 Å². The minimum absolute atomic E-state index is 0.0758. The van der Waals surface area contributed by atoms with Gasteiger partial charge in [0, 0.05) is 32.2 Å². The van der Waals surface area contributed by atoms with Crippen LogP contribution in [0.4, 0.5) is 0 Å². The van der Waals surface area contributed by atoms with Gasteiger partial charge in [0.15, 0.2) is 5.76 Å². The first-order valence-electron chi connectivity index (χ1n) is 10.3. The third-order valence-electron chi connectivity index (χ3n) is 6.01. The standard InChI is InChI=1S/C23H24N4O3/c28-22(26-10-12-27(13-11-26)23(29)21-9-4-14-30-21)20-15-19(24-25-20)18-8-3-6-16-5-1-2-7-17(16)18/h1-9,14,19-20,24-25H,10-13,15H2. The molecule has 0 saturated carbocycles. The van der Waals surface area contributed by atoms with Gasteiger partial charge in [-0.2, -0.15) is 0 Å². The highest BCUT2D eigenvalue weighted by atomic mass is 16.3. The van der Waals surface area contributed by atoms with Crippen LogP contribution in [0.25, 0.3) is 10.8 Å². The molecule has 3 heterocycles. The van der Waals surface area contributed by atoms with Crippen molar-refractivity contribution >= 4 is 22.6 Å². The van der Waals surface area contributed by atoms with E-state index < -0.39 is 0 Å². The fourth-order valence-electron chi connectivity index (χ4n) is 4.38. The molecule has 2 amide bonds. The Hall–Kier alpha value is -3.16. The zero-order valence-electron chi connectivity index (χ0n) is 16.6. The summed E-state index contributed by atoms with van der Waals surface area (Å²) in [6, 6.07) is 17.8. The van der Waals surface area contributed by atoms with Crippen molar-refractivity contribution in [2.45, 2.75) is 18.5 Å². The molecule has 5 rings (SSSR count). The van der Waals surface area contributed by atoms with E-state index in [1.165, 1.54) is 22.6 Å². The Bertz CT molecular complexity index is 1050. The normalized spacial score (nSPS) is 21.9. The van der Waals surface area contributed by atoms with Crippen LogP contribution in [0.1, 0.15) is 28.6 Å². The number of hydrogen-bond acceptors (Lipinski definition) is 5. The first kappa shape index (κ1) is 18.8. The predicted octanol–water partition coefficient (Wildman–Crippen LogP) is 2.33. The molecule has 7 nitrogen and oxygen atoms in total. The lowest BCUT2D eigenvalue weighted by molar-refractivity contribution is -0.134. The Morgan fingerprint density at radius 2 is 1.63 bits per heavy atom. The number of furan rings is 1. The van der Waals surface area contributed by atoms with Crippen molar-refractivity contribution in [3.05, 3.63) is 72.2 Å². The number of amides is 2. The number of fused-ring (bicyclic) bond motifs is 1. The number of carbonyl (C=O) groups is 2. The molecule has 2 unspecified atom stereocenters. The lowest BCUT2D eigenvalue weighted by Gasteiger charge is -2.35. The third-order valence-corrected chi connectivity index (χ3v) is 6.01. The average Bonchev–Trinajstić information content (AvgIpc) is 3.50. The van der Waals surface area contributed by atoms with Crippen LogP contribution in [-0.4, -0.2) is 53.8 Å². The molecule has 154 valence electrons. The molecule has 2 aromatic carbocycles. The van der Waals surface area contributed by atoms with Crippen LogP contribution < -0.4 is 10.9 Å². The highest BCUT2D eigenvalue weighted by Gasteiger charge is 2.35. The maximum atomic E-state index is 13.0. The van der Waals surface area contributed by atoms with Crippen molar-refractivity contribution < 1.29 is 14.0 Å². The lowest BCUT2D eigenvalue weighted by Crippen LogP contribution is -2.54. The summed E-state index contributed by atoms with van der Waals surface area (Å²) in [5.41, 5.74) is 7.69. The Morgan fingerprint density at radius 1 is 0.867 bits per heavy atom. The van der Waals surface area contributed by atoms with Crippen molar-refractivity contribution in [1.29, 1.82) is 0 Å². The van der Waals surface area contributed by atoms with E-state index >= 15 is 0 Å². The SMILES string of the molecule is O=C(c1ccco1)N1CCN(C(=O)C2CC(c3cccc4ccccc34)NN2)CC1. The molecule has 0 radical (unpaired) electrons. The van der Waals surface area contributed by atoms with Gasteiger partial charge in [0.1, 0.15) is 6.04 Å². The number of piperazine rings is 1. The fourth-order valence-corrected chi connectivity index (χ4v) is 4.38. The maximum Gasteiger partial charge on any atom is 0.289 e. The van der Waals surface area contributed by atoms with E-state index in [0.29, 0.717) is 38.4 Å². The van der Waals surface area contributed by atoms with Crippen LogP contribution in [0.3, 0.4) is 0 Å². The van der Waals surface area contributed by atoms with Crippen molar-refractivity contribution in [3.63, 3.8) is 0 Å². The van der Waals surface area contributed by atoms with Crippen LogP contribution >= 0.6 is 0 Å². The summed E-state index contributed by atoms with van der Waals surface area (Å²) < 4.78 is 5.20. The third kappa shape index (κ3) is 3.46. The predicted molar refractivity (Wildman–Crippen MR) is 113 cm³/mol. The molecule has 0 bridgehead atoms. The quantitative estimate of drug-likeness (QED) is 0.701. The van der Waals surface area contributed by atoms with E-state index in [9.17, 15) is 9.59 Å². The van der Waals surface area contributed by atoms with Gasteiger partial charge in [-0.15, -0.1) is 0 Å². The van der Waals surface area contributed by atoms with Crippen LogP contribution in [0, 0.1) is 0 Å². The van der Waals surface area contributed by atoms with Gasteiger partial charge in [0.2, 0.25) is 5.91 Å². The molecule has 2 aliphatic rings. The Kier molecular flexibility index (Phi) is 4.98. The second kappa shape index (κ2) is 7.93. The van der Waals surface area contributed by atoms with E-state index in [-0.39, 0.29) is 23.9 Å². The molecule has 0 aliphatic carbocycles. The molecule has 7 heteroatoms. The number of carbonyl (C=O) groups excluding carboxylic acids is 2. The van der Waals surface area contributed by atoms with Crippen molar-refractivity contribution in [2.75, 3.05) is 26.2 Å². The molecule has 30 heavy (non-hydrogen) atoms. The lowest BCUT2D eigenvalue weighted by atomic mass is 9.96. The molecule has 2 N–H and O–H groups in total. The van der Waals surface area contributed by atoms with Gasteiger partial charge < -0.3 is 14.2 Å². The Balaban J connectivity index is 1.21. The molecule has 1 aromatic heterocycles. The summed E-state index contributed by atoms with van der Waals surface area (Å²) in [7, 11) is 0. The molecule has 2 aliphatic heterocycles. The number of rotatable bonds is 3. The topological polar surface area (TPSA) is 77.8 Å². The first-order valence-corrected chi connectivity index (χ1v) is 10.3. The van der Waals surface area contributed by atoms with E-state index in [4.69, 9.17) is 4.42 Å². The highest BCUT2D eigenvalue weighted by molar-refractivity contribution is 5.92. The summed E-state index contributed by atoms with van der Waals surface area (Å²) in [5, 5.41) is 2.40. The zero-order chi connectivity index (χ0) is 20.5. The molecular formula is C23H24N4O3. The van der Waals surface area contributed by atoms with Crippen LogP contribution in [0.15, 0.2) is 65.3 Å². The Morgan fingerprint density at radius 3 is 2.43 bits per heavy atom. The van der Waals surface area contributed by atoms with E-state index in [2.05, 4.69) is 41.2 Å². The fraction of sp³-hybridized carbons (Fsp3) is 0.304. The Labute approximate surface area is 174 Å². The van der Waals surface area contributed by atoms with Crippen LogP contribution in [-0.2, 0) is 4.79 Å². The molecule has 2 fully saturated rings. The van der Waals surface area contributed by atoms with Gasteiger partial charge in [-0.1, -0.05) is 42.5 Å². The van der Waals surface area contributed by atoms with Gasteiger partial charge in [0.05, 0.1) is 6.26 Å². The molecular weight excluding hydrogens is 380 g/mol. The summed E-state index contributed by atoms with van der Waals surface area (Å²) in [5.74, 6) is 0.300. The smallest absolute Gasteiger partial charge is 0.289 e. The molecule has 0 spiro atoms. The molecule has 3 aromatic rings. The van der Waals surface area contributed by atoms with Crippen LogP contribution in [0.2, 0.25) is 0 Å². The highest BCUT2D eigenvalue weighted by Crippen LogP contribution is 2.29. The van der Waals surface area contributed by atoms with Crippen molar-refractivity contribution in [2.24, 2.45) is 0 Å². The number of benzene rings is 2. The summed E-state index contributed by atoms with van der Waals surface area (Å²) in [6.07, 6.45) is 2.19. The second-order valence-corrected chi connectivity index (χ2v) is 7.79.